The highest BCUT2D eigenvalue weighted by molar-refractivity contribution is 6.00. The number of aliphatic carboxylic acids is 1. The number of hydrogen-bond donors (Lipinski definition) is 15. The molecule has 1 fully saturated rings. The van der Waals surface area contributed by atoms with Crippen molar-refractivity contribution in [3.8, 4) is 5.82 Å². The number of imidazole rings is 1. The summed E-state index contributed by atoms with van der Waals surface area (Å²) in [6.45, 7) is 10.2. The fourth-order valence-electron chi connectivity index (χ4n) is 10.3. The van der Waals surface area contributed by atoms with E-state index in [0.717, 1.165) is 0 Å². The van der Waals surface area contributed by atoms with Gasteiger partial charge in [-0.25, -0.2) is 9.78 Å². The van der Waals surface area contributed by atoms with E-state index in [4.69, 9.17) is 22.9 Å². The van der Waals surface area contributed by atoms with Gasteiger partial charge in [-0.15, -0.1) is 0 Å². The number of carboxylic acids is 1. The second-order valence-corrected chi connectivity index (χ2v) is 22.0. The number of nitrogens with two attached hydrogens (primary N) is 4. The van der Waals surface area contributed by atoms with Crippen LogP contribution < -0.4 is 70.8 Å². The van der Waals surface area contributed by atoms with Crippen molar-refractivity contribution in [2.45, 2.75) is 154 Å². The van der Waals surface area contributed by atoms with Crippen LogP contribution in [0.3, 0.4) is 0 Å². The Morgan fingerprint density at radius 2 is 1.44 bits per heavy atom. The first kappa shape index (κ1) is 62.4. The topological polar surface area (TPSA) is 462 Å². The van der Waals surface area contributed by atoms with E-state index in [1.165, 1.54) is 6.33 Å². The van der Waals surface area contributed by atoms with Crippen molar-refractivity contribution in [3.63, 3.8) is 0 Å². The van der Waals surface area contributed by atoms with Crippen molar-refractivity contribution in [2.24, 2.45) is 50.7 Å². The molecule has 29 nitrogen and oxygen atoms in total. The second kappa shape index (κ2) is 28.1. The van der Waals surface area contributed by atoms with Crippen LogP contribution in [0.1, 0.15) is 109 Å². The summed E-state index contributed by atoms with van der Waals surface area (Å²) >= 11 is 0. The summed E-state index contributed by atoms with van der Waals surface area (Å²) in [6, 6.07) is -5.24. The number of carbonyl (C=O) groups is 10. The zero-order chi connectivity index (χ0) is 60.1. The van der Waals surface area contributed by atoms with Gasteiger partial charge < -0.3 is 80.9 Å². The van der Waals surface area contributed by atoms with Crippen LogP contribution in [0.15, 0.2) is 40.7 Å². The molecule has 4 aliphatic heterocycles. The number of benzene rings is 1. The maximum atomic E-state index is 15.0. The van der Waals surface area contributed by atoms with Gasteiger partial charge in [0, 0.05) is 60.9 Å². The van der Waals surface area contributed by atoms with Gasteiger partial charge in [0.25, 0.3) is 0 Å². The molecule has 6 heterocycles. The molecule has 0 aliphatic carbocycles. The third-order valence-corrected chi connectivity index (χ3v) is 14.4. The fraction of sp³-hybridized carbons (Fsp3) is 0.566. The molecule has 2 aromatic heterocycles. The SMILES string of the molecule is CC(C)CC1NC(=O)C(NC(=O)C2CCC(=O)N2)C(C(C)C)c2ccc3c4c([nH]c3c2)-n2cnc(c2)CC(C(=O)NC(CCCN=C(N)N)C(=O)O)NC(=O)CNC(=O)C(CCCN=C(N)N)NC(=O)C(C4)NC(=O)C(C(C)C)NC1=O. The van der Waals surface area contributed by atoms with Crippen LogP contribution in [0.5, 0.6) is 0 Å². The molecule has 1 saturated heterocycles. The molecule has 7 bridgehead atoms. The summed E-state index contributed by atoms with van der Waals surface area (Å²) in [5, 5.41) is 35.0. The van der Waals surface area contributed by atoms with Crippen molar-refractivity contribution in [1.82, 2.24) is 62.4 Å². The zero-order valence-electron chi connectivity index (χ0n) is 46.9. The summed E-state index contributed by atoms with van der Waals surface area (Å²) in [6.07, 6.45) is 2.94. The molecule has 0 spiro atoms. The number of nitrogens with one attached hydrogen (secondary N) is 10. The summed E-state index contributed by atoms with van der Waals surface area (Å²) in [7, 11) is 0. The quantitative estimate of drug-likeness (QED) is 0.0275. The first-order valence-corrected chi connectivity index (χ1v) is 27.5. The Hall–Kier alpha value is -8.79. The highest BCUT2D eigenvalue weighted by atomic mass is 16.4. The van der Waals surface area contributed by atoms with Crippen LogP contribution in [-0.2, 0) is 60.8 Å². The smallest absolute Gasteiger partial charge is 0.326 e. The zero-order valence-corrected chi connectivity index (χ0v) is 46.9. The average Bonchev–Trinajstić information content (AvgIpc) is 3.12. The lowest BCUT2D eigenvalue weighted by molar-refractivity contribution is -0.142. The Morgan fingerprint density at radius 1 is 0.756 bits per heavy atom. The third kappa shape index (κ3) is 16.6. The fourth-order valence-corrected chi connectivity index (χ4v) is 10.3. The van der Waals surface area contributed by atoms with Crippen molar-refractivity contribution in [1.29, 1.82) is 0 Å². The molecule has 1 aromatic carbocycles. The number of guanidine groups is 2. The summed E-state index contributed by atoms with van der Waals surface area (Å²) in [5.74, 6) is -9.99. The van der Waals surface area contributed by atoms with E-state index in [0.29, 0.717) is 27.8 Å². The minimum absolute atomic E-state index is 0.0377. The molecule has 82 heavy (non-hydrogen) atoms. The molecule has 3 aromatic rings. The summed E-state index contributed by atoms with van der Waals surface area (Å²) in [5.41, 5.74) is 23.6. The van der Waals surface area contributed by atoms with Gasteiger partial charge in [-0.3, -0.25) is 57.7 Å². The number of fused-ring (bicyclic) bond motifs is 13. The van der Waals surface area contributed by atoms with Crippen LogP contribution in [0.25, 0.3) is 16.7 Å². The van der Waals surface area contributed by atoms with Gasteiger partial charge in [-0.2, -0.15) is 0 Å². The van der Waals surface area contributed by atoms with Gasteiger partial charge in [-0.1, -0.05) is 53.7 Å². The van der Waals surface area contributed by atoms with Crippen LogP contribution in [-0.4, -0.2) is 159 Å². The van der Waals surface area contributed by atoms with Crippen molar-refractivity contribution >= 4 is 82.0 Å². The first-order chi connectivity index (χ1) is 38.8. The lowest BCUT2D eigenvalue weighted by Gasteiger charge is -2.33. The molecule has 4 aliphatic rings. The molecule has 9 amide bonds. The standard InChI is InChI=1S/C53H78N18O11/c1-24(2)17-35-48(78)69-41(26(5)6)49(79)68-37-20-30-29-12-11-27(40(25(3)4)42(50(80)67-35)70-45(75)32-13-14-38(72)62-32)18-34(29)64-43(30)71-22-28(61-23-71)19-36(46(76)66-33(51(81)82)10-8-16-59-53(56)57)63-39(73)21-60-44(74)31(65-47(37)77)9-7-15-58-52(54)55/h11-12,18,22-26,31-33,35-37,40-42,64H,7-10,13-17,19-21H2,1-6H3,(H,60,74)(H,62,72)(H,63,73)(H,65,77)(H,66,76)(H,67,80)(H,68,79)(H,69,78)(H,70,75)(H,81,82)(H4,54,55,58)(H4,56,57,59). The van der Waals surface area contributed by atoms with Gasteiger partial charge in [0.2, 0.25) is 53.2 Å². The first-order valence-electron chi connectivity index (χ1n) is 27.5. The Bertz CT molecular complexity index is 2940. The van der Waals surface area contributed by atoms with E-state index >= 15 is 4.79 Å². The molecule has 9 unspecified atom stereocenters. The van der Waals surface area contributed by atoms with E-state index < -0.39 is 120 Å². The van der Waals surface area contributed by atoms with Crippen LogP contribution in [0.2, 0.25) is 0 Å². The van der Waals surface area contributed by atoms with Crippen molar-refractivity contribution < 1.29 is 53.1 Å². The Morgan fingerprint density at radius 3 is 2.07 bits per heavy atom. The Labute approximate surface area is 473 Å². The number of amides is 9. The number of rotatable bonds is 17. The lowest BCUT2D eigenvalue weighted by Crippen LogP contribution is -2.61. The monoisotopic (exact) mass is 1140 g/mol. The number of carbonyl (C=O) groups excluding carboxylic acids is 9. The van der Waals surface area contributed by atoms with Crippen LogP contribution in [0, 0.1) is 17.8 Å². The molecule has 9 atom stereocenters. The number of aliphatic imine (C=N–C) groups is 2. The number of carboxylic acid groups (broad SMARTS) is 1. The highest BCUT2D eigenvalue weighted by Crippen LogP contribution is 2.35. The van der Waals surface area contributed by atoms with Crippen molar-refractivity contribution in [2.75, 3.05) is 19.6 Å². The number of aromatic nitrogens is 3. The van der Waals surface area contributed by atoms with Gasteiger partial charge in [0.05, 0.1) is 12.2 Å². The Kier molecular flexibility index (Phi) is 21.4. The minimum Gasteiger partial charge on any atom is -0.480 e. The molecule has 0 saturated carbocycles. The maximum Gasteiger partial charge on any atom is 0.326 e. The predicted octanol–water partition coefficient (Wildman–Crippen LogP) is -3.11. The predicted molar refractivity (Wildman–Crippen MR) is 300 cm³/mol. The van der Waals surface area contributed by atoms with E-state index in [1.807, 2.05) is 27.7 Å². The van der Waals surface area contributed by atoms with Gasteiger partial charge in [0.1, 0.15) is 60.5 Å². The number of aromatic amines is 1. The van der Waals surface area contributed by atoms with E-state index in [-0.39, 0.29) is 106 Å². The van der Waals surface area contributed by atoms with E-state index in [2.05, 4.69) is 67.8 Å². The molecule has 29 heteroatoms. The molecular weight excluding hydrogens is 1060 g/mol. The van der Waals surface area contributed by atoms with Crippen LogP contribution >= 0.6 is 0 Å². The lowest BCUT2D eigenvalue weighted by atomic mass is 9.81. The molecule has 0 radical (unpaired) electrons. The van der Waals surface area contributed by atoms with Crippen LogP contribution in [0.4, 0.5) is 0 Å². The van der Waals surface area contributed by atoms with Crippen molar-refractivity contribution in [3.05, 3.63) is 47.5 Å². The minimum atomic E-state index is -1.49. The maximum absolute atomic E-state index is 15.0. The summed E-state index contributed by atoms with van der Waals surface area (Å²) in [4.78, 5) is 156. The molecule has 446 valence electrons. The molecule has 7 rings (SSSR count). The van der Waals surface area contributed by atoms with Gasteiger partial charge in [0.15, 0.2) is 11.9 Å². The van der Waals surface area contributed by atoms with Gasteiger partial charge >= 0.3 is 5.97 Å². The number of hydrogen-bond acceptors (Lipinski definition) is 13. The number of H-pyrrole nitrogens is 1. The largest absolute Gasteiger partial charge is 0.480 e. The van der Waals surface area contributed by atoms with Gasteiger partial charge in [-0.05, 0) is 67.9 Å². The average molecular weight is 1140 g/mol. The summed E-state index contributed by atoms with van der Waals surface area (Å²) < 4.78 is 1.56. The van der Waals surface area contributed by atoms with E-state index in [9.17, 15) is 48.3 Å². The highest BCUT2D eigenvalue weighted by Gasteiger charge is 2.40. The number of nitrogens with zero attached hydrogens (tertiary/aromatic N) is 4. The molecular formula is C53H78N18O11. The molecule has 19 N–H and O–H groups in total. The second-order valence-electron chi connectivity index (χ2n) is 22.0. The normalized spacial score (nSPS) is 23.4. The Balaban J connectivity index is 1.55. The third-order valence-electron chi connectivity index (χ3n) is 14.4. The van der Waals surface area contributed by atoms with E-state index in [1.54, 1.807) is 42.8 Å².